The average molecular weight is 588 g/mol. The van der Waals surface area contributed by atoms with E-state index in [1.807, 2.05) is 0 Å². The molecule has 1 atom stereocenters. The zero-order valence-electron chi connectivity index (χ0n) is 20.2. The van der Waals surface area contributed by atoms with Gasteiger partial charge in [0, 0.05) is 18.5 Å². The molecule has 3 rings (SSSR count). The Bertz CT molecular complexity index is 1350. The van der Waals surface area contributed by atoms with Crippen molar-refractivity contribution in [2.75, 3.05) is 24.6 Å². The van der Waals surface area contributed by atoms with Gasteiger partial charge in [0.15, 0.2) is 9.84 Å². The van der Waals surface area contributed by atoms with Crippen LogP contribution >= 0.6 is 11.6 Å². The maximum atomic E-state index is 13.7. The molecule has 1 saturated heterocycles. The maximum Gasteiger partial charge on any atom is 0.418 e. The first kappa shape index (κ1) is 29.6. The number of carbonyl (C=O) groups excluding carboxylic acids is 2. The molecule has 1 aromatic heterocycles. The van der Waals surface area contributed by atoms with Crippen LogP contribution in [0.2, 0.25) is 5.02 Å². The van der Waals surface area contributed by atoms with Crippen molar-refractivity contribution in [1.29, 1.82) is 0 Å². The van der Waals surface area contributed by atoms with Crippen molar-refractivity contribution in [3.63, 3.8) is 0 Å². The highest BCUT2D eigenvalue weighted by Gasteiger charge is 2.37. The summed E-state index contributed by atoms with van der Waals surface area (Å²) in [6.45, 7) is 0.895. The van der Waals surface area contributed by atoms with Crippen LogP contribution in [0.25, 0.3) is 10.9 Å². The SMILES string of the molecule is CC(C)(C)OC(=O)N1CCS(=O)(=O)CC1CNC(=O)c1cc(Cl)c2cc(OC(F)F)cc(C(F)(F)F)c2n1. The number of benzene rings is 1. The van der Waals surface area contributed by atoms with Gasteiger partial charge in [-0.15, -0.1) is 0 Å². The molecule has 0 radical (unpaired) electrons. The molecule has 1 aliphatic heterocycles. The number of carbonyl (C=O) groups is 2. The van der Waals surface area contributed by atoms with Gasteiger partial charge in [0.1, 0.15) is 17.0 Å². The summed E-state index contributed by atoms with van der Waals surface area (Å²) in [5.41, 5.74) is -3.68. The number of nitrogens with zero attached hydrogens (tertiary/aromatic N) is 2. The number of amides is 2. The van der Waals surface area contributed by atoms with E-state index < -0.39 is 79.6 Å². The summed E-state index contributed by atoms with van der Waals surface area (Å²) in [5, 5.41) is 1.57. The van der Waals surface area contributed by atoms with Gasteiger partial charge in [0.05, 0.1) is 33.7 Å². The summed E-state index contributed by atoms with van der Waals surface area (Å²) in [6, 6.07) is 1.04. The molecule has 1 fully saturated rings. The second-order valence-electron chi connectivity index (χ2n) is 9.38. The third kappa shape index (κ3) is 7.34. The van der Waals surface area contributed by atoms with E-state index in [0.29, 0.717) is 6.07 Å². The lowest BCUT2D eigenvalue weighted by molar-refractivity contribution is -0.136. The third-order valence-electron chi connectivity index (χ3n) is 5.26. The highest BCUT2D eigenvalue weighted by atomic mass is 35.5. The zero-order valence-corrected chi connectivity index (χ0v) is 21.8. The molecule has 0 spiro atoms. The topological polar surface area (TPSA) is 115 Å². The van der Waals surface area contributed by atoms with Gasteiger partial charge in [-0.1, -0.05) is 11.6 Å². The normalized spacial score (nSPS) is 17.9. The Balaban J connectivity index is 1.90. The van der Waals surface area contributed by atoms with Crippen molar-refractivity contribution >= 4 is 44.3 Å². The van der Waals surface area contributed by atoms with Crippen LogP contribution in [0.3, 0.4) is 0 Å². The minimum absolute atomic E-state index is 0.185. The summed E-state index contributed by atoms with van der Waals surface area (Å²) in [6.07, 6.45) is -5.86. The Labute approximate surface area is 219 Å². The van der Waals surface area contributed by atoms with Crippen molar-refractivity contribution in [2.45, 2.75) is 45.2 Å². The Morgan fingerprint density at radius 3 is 2.45 bits per heavy atom. The summed E-state index contributed by atoms with van der Waals surface area (Å²) < 4.78 is 99.9. The van der Waals surface area contributed by atoms with E-state index in [0.717, 1.165) is 17.0 Å². The van der Waals surface area contributed by atoms with E-state index in [1.54, 1.807) is 20.8 Å². The first-order valence-corrected chi connectivity index (χ1v) is 13.2. The fraction of sp³-hybridized carbons (Fsp3) is 0.500. The van der Waals surface area contributed by atoms with Crippen molar-refractivity contribution < 1.29 is 49.4 Å². The number of halogens is 6. The highest BCUT2D eigenvalue weighted by Crippen LogP contribution is 2.39. The molecule has 0 bridgehead atoms. The van der Waals surface area contributed by atoms with Gasteiger partial charge >= 0.3 is 18.9 Å². The van der Waals surface area contributed by atoms with Crippen LogP contribution in [0.5, 0.6) is 5.75 Å². The molecule has 16 heteroatoms. The standard InChI is InChI=1S/C22H23ClF5N3O6S/c1-21(2,3)37-20(33)31-4-5-38(34,35)10-11(31)9-29-18(32)16-8-15(23)13-6-12(36-19(24)25)7-14(17(13)30-16)22(26,27)28/h6-8,11,19H,4-5,9-10H2,1-3H3,(H,29,32). The number of hydrogen-bond acceptors (Lipinski definition) is 7. The number of pyridine rings is 1. The van der Waals surface area contributed by atoms with Crippen molar-refractivity contribution in [3.8, 4) is 5.75 Å². The predicted molar refractivity (Wildman–Crippen MR) is 126 cm³/mol. The lowest BCUT2D eigenvalue weighted by Crippen LogP contribution is -2.56. The number of fused-ring (bicyclic) bond motifs is 1. The Kier molecular flexibility index (Phi) is 8.32. The van der Waals surface area contributed by atoms with Crippen LogP contribution in [-0.2, 0) is 20.8 Å². The molecule has 0 aliphatic carbocycles. The van der Waals surface area contributed by atoms with E-state index in [2.05, 4.69) is 15.0 Å². The first-order valence-electron chi connectivity index (χ1n) is 11.0. The molecule has 1 aliphatic rings. The van der Waals surface area contributed by atoms with E-state index in [9.17, 15) is 40.0 Å². The molecular formula is C22H23ClF5N3O6S. The first-order chi connectivity index (χ1) is 17.4. The average Bonchev–Trinajstić information content (AvgIpc) is 2.74. The molecular weight excluding hydrogens is 565 g/mol. The number of aromatic nitrogens is 1. The van der Waals surface area contributed by atoms with E-state index >= 15 is 0 Å². The quantitative estimate of drug-likeness (QED) is 0.520. The Morgan fingerprint density at radius 1 is 1.21 bits per heavy atom. The van der Waals surface area contributed by atoms with E-state index in [1.165, 1.54) is 0 Å². The molecule has 1 N–H and O–H groups in total. The number of ether oxygens (including phenoxy) is 2. The monoisotopic (exact) mass is 587 g/mol. The number of alkyl halides is 5. The van der Waals surface area contributed by atoms with Crippen LogP contribution < -0.4 is 10.1 Å². The predicted octanol–water partition coefficient (Wildman–Crippen LogP) is 4.27. The van der Waals surface area contributed by atoms with Crippen molar-refractivity contribution in [1.82, 2.24) is 15.2 Å². The van der Waals surface area contributed by atoms with Gasteiger partial charge in [-0.3, -0.25) is 4.79 Å². The number of hydrogen-bond donors (Lipinski definition) is 1. The van der Waals surface area contributed by atoms with Crippen molar-refractivity contribution in [2.24, 2.45) is 0 Å². The second kappa shape index (κ2) is 10.7. The van der Waals surface area contributed by atoms with Gasteiger partial charge < -0.3 is 19.7 Å². The molecule has 9 nitrogen and oxygen atoms in total. The van der Waals surface area contributed by atoms with Gasteiger partial charge in [0.25, 0.3) is 5.91 Å². The number of rotatable bonds is 5. The van der Waals surface area contributed by atoms with Crippen LogP contribution in [0.15, 0.2) is 18.2 Å². The Hall–Kier alpha value is -2.94. The van der Waals surface area contributed by atoms with E-state index in [-0.39, 0.29) is 24.2 Å². The van der Waals surface area contributed by atoms with Crippen LogP contribution in [0, 0.1) is 0 Å². The largest absolute Gasteiger partial charge is 0.444 e. The van der Waals surface area contributed by atoms with Crippen molar-refractivity contribution in [3.05, 3.63) is 34.5 Å². The highest BCUT2D eigenvalue weighted by molar-refractivity contribution is 7.91. The molecule has 0 saturated carbocycles. The molecule has 1 unspecified atom stereocenters. The third-order valence-corrected chi connectivity index (χ3v) is 7.27. The summed E-state index contributed by atoms with van der Waals surface area (Å²) in [4.78, 5) is 30.3. The van der Waals surface area contributed by atoms with Gasteiger partial charge in [-0.05, 0) is 39.0 Å². The Morgan fingerprint density at radius 2 is 1.87 bits per heavy atom. The van der Waals surface area contributed by atoms with E-state index in [4.69, 9.17) is 16.3 Å². The summed E-state index contributed by atoms with van der Waals surface area (Å²) in [5.74, 6) is -2.61. The number of nitrogens with one attached hydrogen (secondary N) is 1. The number of sulfone groups is 1. The second-order valence-corrected chi connectivity index (χ2v) is 12.0. The molecule has 38 heavy (non-hydrogen) atoms. The minimum Gasteiger partial charge on any atom is -0.444 e. The summed E-state index contributed by atoms with van der Waals surface area (Å²) in [7, 11) is -3.55. The van der Waals surface area contributed by atoms with Gasteiger partial charge in [0.2, 0.25) is 0 Å². The van der Waals surface area contributed by atoms with Crippen LogP contribution in [-0.4, -0.2) is 73.2 Å². The lowest BCUT2D eigenvalue weighted by atomic mass is 10.1. The molecule has 2 aromatic rings. The van der Waals surface area contributed by atoms with Crippen LogP contribution in [0.4, 0.5) is 26.7 Å². The zero-order chi connectivity index (χ0) is 28.6. The van der Waals surface area contributed by atoms with Crippen LogP contribution in [0.1, 0.15) is 36.8 Å². The summed E-state index contributed by atoms with van der Waals surface area (Å²) >= 11 is 6.07. The molecule has 1 aromatic carbocycles. The maximum absolute atomic E-state index is 13.7. The molecule has 2 heterocycles. The molecule has 2 amide bonds. The minimum atomic E-state index is -5.06. The van der Waals surface area contributed by atoms with Gasteiger partial charge in [-0.2, -0.15) is 22.0 Å². The smallest absolute Gasteiger partial charge is 0.418 e. The lowest BCUT2D eigenvalue weighted by Gasteiger charge is -2.36. The molecule has 210 valence electrons. The fourth-order valence-electron chi connectivity index (χ4n) is 3.68. The fourth-order valence-corrected chi connectivity index (χ4v) is 5.45. The van der Waals surface area contributed by atoms with Gasteiger partial charge in [-0.25, -0.2) is 18.2 Å².